The number of nitrogens with zero attached hydrogens (tertiary/aromatic N) is 6. The fraction of sp³-hybridized carbons (Fsp3) is 0.143. The molecule has 4 N–H and O–H groups in total. The van der Waals surface area contributed by atoms with E-state index in [1.807, 2.05) is 6.92 Å². The van der Waals surface area contributed by atoms with Gasteiger partial charge in [0.25, 0.3) is 5.91 Å². The molecule has 3 rings (SSSR count). The number of hydrogen-bond donors (Lipinski definition) is 3. The zero-order valence-electron chi connectivity index (χ0n) is 13.1. The fourth-order valence-electron chi connectivity index (χ4n) is 2.08. The number of hydrazone groups is 1. The fourth-order valence-corrected chi connectivity index (χ4v) is 2.08. The maximum atomic E-state index is 12.3. The van der Waals surface area contributed by atoms with Crippen molar-refractivity contribution in [1.29, 1.82) is 0 Å². The molecular weight excluding hydrogens is 328 g/mol. The third-order valence-corrected chi connectivity index (χ3v) is 3.28. The standard InChI is InChI=1S/C14H14N8O3/c1-2-10-11(17-21-22(10)13-12(15)19-25-20-13)14(24)18-16-7-8-3-5-9(23)6-4-8/h3-7,23H,2H2,1H3,(H2,15,19)(H,18,24). The highest BCUT2D eigenvalue weighted by atomic mass is 16.6. The number of benzene rings is 1. The number of carbonyl (C=O) groups excluding carboxylic acids is 1. The van der Waals surface area contributed by atoms with Crippen molar-refractivity contribution < 1.29 is 14.5 Å². The van der Waals surface area contributed by atoms with E-state index >= 15 is 0 Å². The molecule has 3 aromatic rings. The lowest BCUT2D eigenvalue weighted by molar-refractivity contribution is 0.0949. The number of nitrogens with one attached hydrogen (secondary N) is 1. The predicted octanol–water partition coefficient (Wildman–Crippen LogP) is 0.264. The highest BCUT2D eigenvalue weighted by Gasteiger charge is 2.22. The lowest BCUT2D eigenvalue weighted by atomic mass is 10.2. The van der Waals surface area contributed by atoms with Crippen LogP contribution in [0, 0.1) is 0 Å². The molecule has 25 heavy (non-hydrogen) atoms. The van der Waals surface area contributed by atoms with Crippen molar-refractivity contribution in [3.8, 4) is 11.6 Å². The molecule has 0 unspecified atom stereocenters. The number of hydrogen-bond acceptors (Lipinski definition) is 9. The van der Waals surface area contributed by atoms with Crippen LogP contribution in [0.15, 0.2) is 34.0 Å². The second-order valence-corrected chi connectivity index (χ2v) is 4.91. The summed E-state index contributed by atoms with van der Waals surface area (Å²) in [4.78, 5) is 12.3. The van der Waals surface area contributed by atoms with E-state index in [0.29, 0.717) is 17.7 Å². The van der Waals surface area contributed by atoms with Crippen molar-refractivity contribution in [3.05, 3.63) is 41.2 Å². The lowest BCUT2D eigenvalue weighted by Crippen LogP contribution is -2.20. The van der Waals surface area contributed by atoms with Gasteiger partial charge in [-0.05, 0) is 46.6 Å². The number of anilines is 1. The molecule has 0 bridgehead atoms. The Morgan fingerprint density at radius 2 is 2.16 bits per heavy atom. The number of nitrogen functional groups attached to an aromatic ring is 1. The summed E-state index contributed by atoms with van der Waals surface area (Å²) in [6.45, 7) is 1.83. The van der Waals surface area contributed by atoms with Crippen LogP contribution in [0.4, 0.5) is 5.82 Å². The van der Waals surface area contributed by atoms with Gasteiger partial charge in [0.2, 0.25) is 11.6 Å². The summed E-state index contributed by atoms with van der Waals surface area (Å²) in [6.07, 6.45) is 1.89. The number of aromatic nitrogens is 5. The molecule has 0 saturated heterocycles. The van der Waals surface area contributed by atoms with Gasteiger partial charge in [-0.2, -0.15) is 9.78 Å². The van der Waals surface area contributed by atoms with E-state index in [9.17, 15) is 9.90 Å². The quantitative estimate of drug-likeness (QED) is 0.440. The maximum Gasteiger partial charge on any atom is 0.293 e. The van der Waals surface area contributed by atoms with E-state index in [1.165, 1.54) is 23.0 Å². The van der Waals surface area contributed by atoms with Crippen LogP contribution < -0.4 is 11.2 Å². The number of amides is 1. The Kier molecular flexibility index (Phi) is 4.37. The smallest absolute Gasteiger partial charge is 0.293 e. The van der Waals surface area contributed by atoms with Crippen LogP contribution in [0.25, 0.3) is 5.82 Å². The average molecular weight is 342 g/mol. The van der Waals surface area contributed by atoms with Gasteiger partial charge in [0.1, 0.15) is 5.75 Å². The number of phenols is 1. The summed E-state index contributed by atoms with van der Waals surface area (Å²) >= 11 is 0. The molecule has 2 aromatic heterocycles. The average Bonchev–Trinajstić information content (AvgIpc) is 3.21. The number of aromatic hydroxyl groups is 1. The minimum absolute atomic E-state index is 0.0388. The topological polar surface area (TPSA) is 157 Å². The molecule has 0 atom stereocenters. The maximum absolute atomic E-state index is 12.3. The minimum Gasteiger partial charge on any atom is -0.508 e. The minimum atomic E-state index is -0.534. The van der Waals surface area contributed by atoms with E-state index in [2.05, 4.69) is 35.8 Å². The second-order valence-electron chi connectivity index (χ2n) is 4.91. The summed E-state index contributed by atoms with van der Waals surface area (Å²) < 4.78 is 5.83. The predicted molar refractivity (Wildman–Crippen MR) is 86.2 cm³/mol. The number of rotatable bonds is 5. The van der Waals surface area contributed by atoms with Crippen molar-refractivity contribution in [2.75, 3.05) is 5.73 Å². The Balaban J connectivity index is 1.77. The van der Waals surface area contributed by atoms with E-state index in [1.54, 1.807) is 12.1 Å². The zero-order valence-corrected chi connectivity index (χ0v) is 13.1. The SMILES string of the molecule is CCc1c(C(=O)NN=Cc2ccc(O)cc2)nnn1-c1nonc1N. The molecule has 128 valence electrons. The highest BCUT2D eigenvalue weighted by Crippen LogP contribution is 2.16. The summed E-state index contributed by atoms with van der Waals surface area (Å²) in [6, 6.07) is 6.33. The second kappa shape index (κ2) is 6.78. The van der Waals surface area contributed by atoms with Crippen molar-refractivity contribution in [3.63, 3.8) is 0 Å². The first-order valence-electron chi connectivity index (χ1n) is 7.25. The van der Waals surface area contributed by atoms with Crippen molar-refractivity contribution >= 4 is 17.9 Å². The molecule has 11 heteroatoms. The van der Waals surface area contributed by atoms with Gasteiger partial charge in [0.05, 0.1) is 11.9 Å². The molecule has 0 spiro atoms. The summed E-state index contributed by atoms with van der Waals surface area (Å²) in [5, 5.41) is 27.9. The molecule has 0 radical (unpaired) electrons. The van der Waals surface area contributed by atoms with E-state index in [4.69, 9.17) is 5.73 Å². The number of carbonyl (C=O) groups is 1. The number of phenolic OH excluding ortho intramolecular Hbond substituents is 1. The van der Waals surface area contributed by atoms with Gasteiger partial charge in [-0.25, -0.2) is 10.1 Å². The van der Waals surface area contributed by atoms with Gasteiger partial charge >= 0.3 is 0 Å². The van der Waals surface area contributed by atoms with E-state index in [-0.39, 0.29) is 23.1 Å². The third kappa shape index (κ3) is 3.29. The Hall–Kier alpha value is -3.76. The molecular formula is C14H14N8O3. The molecule has 2 heterocycles. The molecule has 0 saturated carbocycles. The molecule has 11 nitrogen and oxygen atoms in total. The van der Waals surface area contributed by atoms with Crippen LogP contribution in [-0.2, 0) is 6.42 Å². The molecule has 1 aromatic carbocycles. The molecule has 1 amide bonds. The van der Waals surface area contributed by atoms with Crippen molar-refractivity contribution in [2.45, 2.75) is 13.3 Å². The Morgan fingerprint density at radius 1 is 1.40 bits per heavy atom. The Labute approximate surface area is 141 Å². The molecule has 0 aliphatic carbocycles. The largest absolute Gasteiger partial charge is 0.508 e. The first-order chi connectivity index (χ1) is 12.1. The normalized spacial score (nSPS) is 11.1. The van der Waals surface area contributed by atoms with E-state index < -0.39 is 5.91 Å². The van der Waals surface area contributed by atoms with Crippen LogP contribution >= 0.6 is 0 Å². The van der Waals surface area contributed by atoms with Crippen LogP contribution in [-0.4, -0.2) is 42.5 Å². The van der Waals surface area contributed by atoms with Crippen LogP contribution in [0.2, 0.25) is 0 Å². The Morgan fingerprint density at radius 3 is 2.80 bits per heavy atom. The Bertz CT molecular complexity index is 913. The van der Waals surface area contributed by atoms with Crippen LogP contribution in [0.5, 0.6) is 5.75 Å². The van der Waals surface area contributed by atoms with Gasteiger partial charge in [-0.1, -0.05) is 12.1 Å². The number of nitrogens with two attached hydrogens (primary N) is 1. The van der Waals surface area contributed by atoms with Crippen LogP contribution in [0.1, 0.15) is 28.7 Å². The van der Waals surface area contributed by atoms with Crippen molar-refractivity contribution in [2.24, 2.45) is 5.10 Å². The van der Waals surface area contributed by atoms with Gasteiger partial charge in [-0.3, -0.25) is 4.79 Å². The van der Waals surface area contributed by atoms with Gasteiger partial charge in [-0.15, -0.1) is 5.10 Å². The molecule has 0 fully saturated rings. The third-order valence-electron chi connectivity index (χ3n) is 3.28. The molecule has 0 aliphatic rings. The summed E-state index contributed by atoms with van der Waals surface area (Å²) in [5.41, 5.74) is 9.29. The zero-order chi connectivity index (χ0) is 17.8. The monoisotopic (exact) mass is 342 g/mol. The van der Waals surface area contributed by atoms with Gasteiger partial charge in [0.15, 0.2) is 5.69 Å². The van der Waals surface area contributed by atoms with E-state index in [0.717, 1.165) is 0 Å². The first-order valence-corrected chi connectivity index (χ1v) is 7.25. The van der Waals surface area contributed by atoms with Gasteiger partial charge < -0.3 is 10.8 Å². The summed E-state index contributed by atoms with van der Waals surface area (Å²) in [7, 11) is 0. The highest BCUT2D eigenvalue weighted by molar-refractivity contribution is 5.94. The molecule has 0 aliphatic heterocycles. The lowest BCUT2D eigenvalue weighted by Gasteiger charge is -2.02. The van der Waals surface area contributed by atoms with Crippen molar-refractivity contribution in [1.82, 2.24) is 30.7 Å². The van der Waals surface area contributed by atoms with Gasteiger partial charge in [0, 0.05) is 0 Å². The first kappa shape index (κ1) is 16.1. The van der Waals surface area contributed by atoms with Crippen LogP contribution in [0.3, 0.4) is 0 Å². The summed E-state index contributed by atoms with van der Waals surface area (Å²) in [5.74, 6) is -0.187.